The lowest BCUT2D eigenvalue weighted by atomic mass is 10.1. The molecule has 0 unspecified atom stereocenters. The van der Waals surface area contributed by atoms with Crippen molar-refractivity contribution in [3.05, 3.63) is 52.8 Å². The van der Waals surface area contributed by atoms with Crippen molar-refractivity contribution in [3.8, 4) is 0 Å². The molecule has 0 aliphatic carbocycles. The highest BCUT2D eigenvalue weighted by molar-refractivity contribution is 7.91. The maximum Gasteiger partial charge on any atom is 0.255 e. The highest BCUT2D eigenvalue weighted by Crippen LogP contribution is 2.38. The van der Waals surface area contributed by atoms with Crippen LogP contribution in [0.3, 0.4) is 0 Å². The van der Waals surface area contributed by atoms with E-state index in [-0.39, 0.29) is 16.6 Å². The third-order valence-electron chi connectivity index (χ3n) is 3.66. The summed E-state index contributed by atoms with van der Waals surface area (Å²) in [5.41, 5.74) is 0.899. The number of fused-ring (bicyclic) bond motifs is 1. The van der Waals surface area contributed by atoms with Gasteiger partial charge in [-0.2, -0.15) is 10.2 Å². The van der Waals surface area contributed by atoms with Gasteiger partial charge in [0.25, 0.3) is 5.91 Å². The van der Waals surface area contributed by atoms with E-state index in [1.807, 2.05) is 0 Å². The van der Waals surface area contributed by atoms with Gasteiger partial charge in [0, 0.05) is 12.1 Å². The SMILES string of the molecule is CN(C(=O)c1ccnnc1)[C@@H]1CS(=O)(=O)c2ccc(Cl)cc21. The second-order valence-corrected chi connectivity index (χ2v) is 7.47. The van der Waals surface area contributed by atoms with E-state index in [2.05, 4.69) is 10.2 Å². The van der Waals surface area contributed by atoms with Crippen molar-refractivity contribution < 1.29 is 13.2 Å². The van der Waals surface area contributed by atoms with Gasteiger partial charge < -0.3 is 4.90 Å². The molecule has 0 N–H and O–H groups in total. The van der Waals surface area contributed by atoms with Crippen molar-refractivity contribution in [1.82, 2.24) is 15.1 Å². The number of amides is 1. The fourth-order valence-electron chi connectivity index (χ4n) is 2.53. The first-order valence-corrected chi connectivity index (χ1v) is 8.49. The monoisotopic (exact) mass is 337 g/mol. The first kappa shape index (κ1) is 14.9. The van der Waals surface area contributed by atoms with E-state index in [1.54, 1.807) is 13.1 Å². The predicted molar refractivity (Wildman–Crippen MR) is 80.4 cm³/mol. The molecule has 1 atom stereocenters. The van der Waals surface area contributed by atoms with Crippen molar-refractivity contribution in [3.63, 3.8) is 0 Å². The summed E-state index contributed by atoms with van der Waals surface area (Å²) in [4.78, 5) is 14.1. The minimum absolute atomic E-state index is 0.149. The van der Waals surface area contributed by atoms with Crippen molar-refractivity contribution in [1.29, 1.82) is 0 Å². The van der Waals surface area contributed by atoms with Crippen LogP contribution in [0.25, 0.3) is 0 Å². The van der Waals surface area contributed by atoms with Gasteiger partial charge in [-0.15, -0.1) is 0 Å². The molecule has 114 valence electrons. The molecule has 6 nitrogen and oxygen atoms in total. The van der Waals surface area contributed by atoms with Gasteiger partial charge in [0.15, 0.2) is 9.84 Å². The van der Waals surface area contributed by atoms with Gasteiger partial charge in [-0.3, -0.25) is 4.79 Å². The fraction of sp³-hybridized carbons (Fsp3) is 0.214. The molecule has 3 rings (SSSR count). The Morgan fingerprint density at radius 1 is 1.32 bits per heavy atom. The lowest BCUT2D eigenvalue weighted by Crippen LogP contribution is -2.32. The van der Waals surface area contributed by atoms with Crippen LogP contribution in [0.5, 0.6) is 0 Å². The Labute approximate surface area is 132 Å². The van der Waals surface area contributed by atoms with Crippen LogP contribution in [0.15, 0.2) is 41.6 Å². The summed E-state index contributed by atoms with van der Waals surface area (Å²) in [6, 6.07) is 5.59. The number of hydrogen-bond donors (Lipinski definition) is 0. The summed E-state index contributed by atoms with van der Waals surface area (Å²) >= 11 is 5.97. The summed E-state index contributed by atoms with van der Waals surface area (Å²) in [5, 5.41) is 7.72. The van der Waals surface area contributed by atoms with Crippen LogP contribution in [0, 0.1) is 0 Å². The number of carbonyl (C=O) groups excluding carboxylic acids is 1. The molecule has 0 saturated carbocycles. The number of sulfone groups is 1. The highest BCUT2D eigenvalue weighted by atomic mass is 35.5. The Morgan fingerprint density at radius 2 is 2.09 bits per heavy atom. The molecule has 0 bridgehead atoms. The van der Waals surface area contributed by atoms with Crippen LogP contribution in [0.2, 0.25) is 5.02 Å². The average molecular weight is 338 g/mol. The molecule has 0 radical (unpaired) electrons. The molecule has 1 aromatic carbocycles. The van der Waals surface area contributed by atoms with Gasteiger partial charge in [0.05, 0.1) is 34.6 Å². The molecule has 22 heavy (non-hydrogen) atoms. The van der Waals surface area contributed by atoms with E-state index in [4.69, 9.17) is 11.6 Å². The van der Waals surface area contributed by atoms with Gasteiger partial charge in [0.2, 0.25) is 0 Å². The number of benzene rings is 1. The first-order chi connectivity index (χ1) is 10.4. The second kappa shape index (κ2) is 5.33. The van der Waals surface area contributed by atoms with Crippen LogP contribution in [0.4, 0.5) is 0 Å². The van der Waals surface area contributed by atoms with Gasteiger partial charge in [0.1, 0.15) is 0 Å². The summed E-state index contributed by atoms with van der Waals surface area (Å²) in [7, 11) is -1.84. The zero-order chi connectivity index (χ0) is 15.9. The van der Waals surface area contributed by atoms with Gasteiger partial charge >= 0.3 is 0 Å². The predicted octanol–water partition coefficient (Wildman–Crippen LogP) is 1.73. The number of halogens is 1. The molecule has 1 aromatic heterocycles. The average Bonchev–Trinajstić information content (AvgIpc) is 2.77. The number of rotatable bonds is 2. The second-order valence-electron chi connectivity index (χ2n) is 5.03. The van der Waals surface area contributed by atoms with Crippen molar-refractivity contribution >= 4 is 27.3 Å². The molecule has 0 fully saturated rings. The topological polar surface area (TPSA) is 80.2 Å². The van der Waals surface area contributed by atoms with Crippen molar-refractivity contribution in [2.75, 3.05) is 12.8 Å². The Balaban J connectivity index is 2.00. The quantitative estimate of drug-likeness (QED) is 0.833. The first-order valence-electron chi connectivity index (χ1n) is 6.46. The van der Waals surface area contributed by atoms with E-state index in [9.17, 15) is 13.2 Å². The van der Waals surface area contributed by atoms with E-state index >= 15 is 0 Å². The molecule has 2 aromatic rings. The van der Waals surface area contributed by atoms with Gasteiger partial charge in [-0.25, -0.2) is 8.42 Å². The van der Waals surface area contributed by atoms with Crippen molar-refractivity contribution in [2.45, 2.75) is 10.9 Å². The molecule has 1 amide bonds. The Kier molecular flexibility index (Phi) is 3.62. The van der Waals surface area contributed by atoms with E-state index in [0.29, 0.717) is 16.1 Å². The molecule has 8 heteroatoms. The normalized spacial score (nSPS) is 18.7. The third-order valence-corrected chi connectivity index (χ3v) is 5.69. The van der Waals surface area contributed by atoms with Crippen LogP contribution in [-0.2, 0) is 9.84 Å². The van der Waals surface area contributed by atoms with Crippen LogP contribution in [-0.4, -0.2) is 42.2 Å². The minimum atomic E-state index is -3.41. The molecular formula is C14H12ClN3O3S. The molecule has 0 saturated heterocycles. The van der Waals surface area contributed by atoms with E-state index in [0.717, 1.165) is 0 Å². The molecule has 2 heterocycles. The number of carbonyl (C=O) groups is 1. The highest BCUT2D eigenvalue weighted by Gasteiger charge is 2.38. The summed E-state index contributed by atoms with van der Waals surface area (Å²) < 4.78 is 24.5. The van der Waals surface area contributed by atoms with E-state index < -0.39 is 15.9 Å². The molecular weight excluding hydrogens is 326 g/mol. The van der Waals surface area contributed by atoms with Crippen LogP contribution < -0.4 is 0 Å². The Hall–Kier alpha value is -1.99. The summed E-state index contributed by atoms with van der Waals surface area (Å²) in [6.07, 6.45) is 2.76. The van der Waals surface area contributed by atoms with Gasteiger partial charge in [-0.05, 0) is 29.8 Å². The number of nitrogens with zero attached hydrogens (tertiary/aromatic N) is 3. The summed E-state index contributed by atoms with van der Waals surface area (Å²) in [6.45, 7) is 0. The van der Waals surface area contributed by atoms with E-state index in [1.165, 1.54) is 35.5 Å². The van der Waals surface area contributed by atoms with Crippen molar-refractivity contribution in [2.24, 2.45) is 0 Å². The summed E-state index contributed by atoms with van der Waals surface area (Å²) in [5.74, 6) is -0.466. The number of hydrogen-bond acceptors (Lipinski definition) is 5. The molecule has 1 aliphatic heterocycles. The molecule has 1 aliphatic rings. The zero-order valence-electron chi connectivity index (χ0n) is 11.6. The smallest absolute Gasteiger partial charge is 0.255 e. The number of aromatic nitrogens is 2. The third kappa shape index (κ3) is 2.46. The largest absolute Gasteiger partial charge is 0.334 e. The lowest BCUT2D eigenvalue weighted by molar-refractivity contribution is 0.0745. The maximum atomic E-state index is 12.5. The van der Waals surface area contributed by atoms with Crippen LogP contribution >= 0.6 is 11.6 Å². The zero-order valence-corrected chi connectivity index (χ0v) is 13.2. The maximum absolute atomic E-state index is 12.5. The minimum Gasteiger partial charge on any atom is -0.334 e. The fourth-order valence-corrected chi connectivity index (χ4v) is 4.54. The Morgan fingerprint density at radius 3 is 2.77 bits per heavy atom. The Bertz CT molecular complexity index is 840. The van der Waals surface area contributed by atoms with Gasteiger partial charge in [-0.1, -0.05) is 11.6 Å². The lowest BCUT2D eigenvalue weighted by Gasteiger charge is -2.24. The molecule has 0 spiro atoms. The standard InChI is InChI=1S/C14H12ClN3O3S/c1-18(14(19)9-4-5-16-17-7-9)12-8-22(20,21)13-3-2-10(15)6-11(12)13/h2-7,12H,8H2,1H3/t12-/m1/s1. The van der Waals surface area contributed by atoms with Crippen LogP contribution in [0.1, 0.15) is 22.0 Å².